The number of rotatable bonds is 6. The lowest BCUT2D eigenvalue weighted by Crippen LogP contribution is -2.52. The molecule has 0 spiro atoms. The van der Waals surface area contributed by atoms with E-state index in [-0.39, 0.29) is 11.7 Å². The lowest BCUT2D eigenvalue weighted by molar-refractivity contribution is 0.0996. The number of phenols is 1. The van der Waals surface area contributed by atoms with Gasteiger partial charge in [-0.1, -0.05) is 24.3 Å². The molecule has 1 aromatic heterocycles. The van der Waals surface area contributed by atoms with E-state index in [1.807, 2.05) is 42.5 Å². The van der Waals surface area contributed by atoms with E-state index in [2.05, 4.69) is 27.4 Å². The molecule has 172 valence electrons. The number of carbonyl (C=O) groups excluding carboxylic acids is 1. The Morgan fingerprint density at radius 2 is 1.88 bits per heavy atom. The maximum absolute atomic E-state index is 12.2. The van der Waals surface area contributed by atoms with Crippen molar-refractivity contribution >= 4 is 23.2 Å². The standard InChI is InChI=1S/C25H29N5O3/c1-2-26-25(30-14-12-29(13-15-30)21-9-3-4-10-22(21)31)27-18-19-7-5-8-20(17-19)28-24(32)23-11-6-16-33-23/h3-11,16-17,31H,2,12-15,18H2,1H3,(H,26,27)(H,28,32). The monoisotopic (exact) mass is 447 g/mol. The van der Waals surface area contributed by atoms with Crippen LogP contribution in [0.3, 0.4) is 0 Å². The number of nitrogens with one attached hydrogen (secondary N) is 2. The normalized spacial score (nSPS) is 14.3. The maximum Gasteiger partial charge on any atom is 0.291 e. The molecule has 1 aliphatic rings. The van der Waals surface area contributed by atoms with Crippen LogP contribution in [0.15, 0.2) is 76.3 Å². The highest BCUT2D eigenvalue weighted by atomic mass is 16.3. The van der Waals surface area contributed by atoms with Gasteiger partial charge in [0.05, 0.1) is 18.5 Å². The molecule has 1 aliphatic heterocycles. The Kier molecular flexibility index (Phi) is 7.14. The fourth-order valence-corrected chi connectivity index (χ4v) is 3.83. The minimum atomic E-state index is -0.281. The molecule has 0 bridgehead atoms. The zero-order valence-electron chi connectivity index (χ0n) is 18.7. The average molecular weight is 448 g/mol. The summed E-state index contributed by atoms with van der Waals surface area (Å²) in [4.78, 5) is 21.5. The molecule has 0 atom stereocenters. The van der Waals surface area contributed by atoms with Gasteiger partial charge in [-0.15, -0.1) is 0 Å². The van der Waals surface area contributed by atoms with E-state index in [1.54, 1.807) is 18.2 Å². The van der Waals surface area contributed by atoms with Gasteiger partial charge in [-0.3, -0.25) is 4.79 Å². The van der Waals surface area contributed by atoms with Crippen LogP contribution < -0.4 is 15.5 Å². The second-order valence-corrected chi connectivity index (χ2v) is 7.76. The van der Waals surface area contributed by atoms with E-state index in [0.29, 0.717) is 18.0 Å². The van der Waals surface area contributed by atoms with Crippen molar-refractivity contribution in [3.8, 4) is 5.75 Å². The summed E-state index contributed by atoms with van der Waals surface area (Å²) >= 11 is 0. The van der Waals surface area contributed by atoms with E-state index in [1.165, 1.54) is 6.26 Å². The molecule has 0 radical (unpaired) electrons. The summed E-state index contributed by atoms with van der Waals surface area (Å²) in [6.45, 7) is 6.54. The summed E-state index contributed by atoms with van der Waals surface area (Å²) in [6, 6.07) is 18.4. The minimum Gasteiger partial charge on any atom is -0.506 e. The lowest BCUT2D eigenvalue weighted by Gasteiger charge is -2.37. The summed E-state index contributed by atoms with van der Waals surface area (Å²) in [6.07, 6.45) is 1.48. The fourth-order valence-electron chi connectivity index (χ4n) is 3.83. The molecular weight excluding hydrogens is 418 g/mol. The van der Waals surface area contributed by atoms with Crippen molar-refractivity contribution in [3.63, 3.8) is 0 Å². The number of aromatic hydroxyl groups is 1. The number of amides is 1. The van der Waals surface area contributed by atoms with Gasteiger partial charge in [-0.05, 0) is 48.9 Å². The first kappa shape index (κ1) is 22.3. The van der Waals surface area contributed by atoms with Gasteiger partial charge in [0.1, 0.15) is 5.75 Å². The van der Waals surface area contributed by atoms with E-state index in [9.17, 15) is 9.90 Å². The third-order valence-electron chi connectivity index (χ3n) is 5.48. The number of carbonyl (C=O) groups is 1. The van der Waals surface area contributed by atoms with E-state index in [0.717, 1.165) is 49.9 Å². The van der Waals surface area contributed by atoms with Gasteiger partial charge in [0.2, 0.25) is 0 Å². The zero-order valence-corrected chi connectivity index (χ0v) is 18.7. The molecular formula is C25H29N5O3. The Labute approximate surface area is 193 Å². The average Bonchev–Trinajstić information content (AvgIpc) is 3.38. The third-order valence-corrected chi connectivity index (χ3v) is 5.48. The largest absolute Gasteiger partial charge is 0.506 e. The first-order chi connectivity index (χ1) is 16.1. The Morgan fingerprint density at radius 1 is 1.06 bits per heavy atom. The Hall–Kier alpha value is -3.94. The SMILES string of the molecule is CCNC(=NCc1cccc(NC(=O)c2ccco2)c1)N1CCN(c2ccccc2O)CC1. The number of aliphatic imine (C=N–C) groups is 1. The second-order valence-electron chi connectivity index (χ2n) is 7.76. The van der Waals surface area contributed by atoms with Gasteiger partial charge in [0.15, 0.2) is 11.7 Å². The maximum atomic E-state index is 12.2. The van der Waals surface area contributed by atoms with Crippen LogP contribution in [0.5, 0.6) is 5.75 Å². The van der Waals surface area contributed by atoms with Gasteiger partial charge in [-0.25, -0.2) is 4.99 Å². The molecule has 1 saturated heterocycles. The van der Waals surface area contributed by atoms with E-state index >= 15 is 0 Å². The van der Waals surface area contributed by atoms with Crippen LogP contribution >= 0.6 is 0 Å². The van der Waals surface area contributed by atoms with Gasteiger partial charge < -0.3 is 30.0 Å². The Bertz CT molecular complexity index is 1090. The number of phenolic OH excluding ortho intramolecular Hbond substituents is 1. The molecule has 3 N–H and O–H groups in total. The van der Waals surface area contributed by atoms with Crippen molar-refractivity contribution in [1.29, 1.82) is 0 Å². The predicted molar refractivity (Wildman–Crippen MR) is 130 cm³/mol. The van der Waals surface area contributed by atoms with Gasteiger partial charge in [0.25, 0.3) is 5.91 Å². The van der Waals surface area contributed by atoms with Crippen LogP contribution in [-0.4, -0.2) is 54.6 Å². The van der Waals surface area contributed by atoms with Crippen LogP contribution in [0.25, 0.3) is 0 Å². The van der Waals surface area contributed by atoms with Crippen LogP contribution in [0.2, 0.25) is 0 Å². The van der Waals surface area contributed by atoms with E-state index in [4.69, 9.17) is 9.41 Å². The van der Waals surface area contributed by atoms with Crippen molar-refractivity contribution in [2.24, 2.45) is 4.99 Å². The number of guanidine groups is 1. The number of hydrogen-bond acceptors (Lipinski definition) is 5. The molecule has 0 unspecified atom stereocenters. The van der Waals surface area contributed by atoms with Crippen LogP contribution in [0.4, 0.5) is 11.4 Å². The number of hydrogen-bond donors (Lipinski definition) is 3. The summed E-state index contributed by atoms with van der Waals surface area (Å²) in [7, 11) is 0. The number of benzene rings is 2. The number of furan rings is 1. The zero-order chi connectivity index (χ0) is 23.0. The minimum absolute atomic E-state index is 0.274. The summed E-state index contributed by atoms with van der Waals surface area (Å²) in [5, 5.41) is 16.4. The van der Waals surface area contributed by atoms with Crippen LogP contribution in [0, 0.1) is 0 Å². The summed E-state index contributed by atoms with van der Waals surface area (Å²) < 4.78 is 5.15. The number of para-hydroxylation sites is 2. The number of nitrogens with zero attached hydrogens (tertiary/aromatic N) is 3. The predicted octanol–water partition coefficient (Wildman–Crippen LogP) is 3.53. The van der Waals surface area contributed by atoms with Crippen molar-refractivity contribution in [3.05, 3.63) is 78.3 Å². The van der Waals surface area contributed by atoms with Gasteiger partial charge in [-0.2, -0.15) is 0 Å². The Balaban J connectivity index is 1.38. The first-order valence-corrected chi connectivity index (χ1v) is 11.1. The quantitative estimate of drug-likeness (QED) is 0.395. The molecule has 33 heavy (non-hydrogen) atoms. The van der Waals surface area contributed by atoms with Crippen molar-refractivity contribution in [2.75, 3.05) is 42.9 Å². The molecule has 2 heterocycles. The van der Waals surface area contributed by atoms with Gasteiger partial charge in [0, 0.05) is 38.4 Å². The number of anilines is 2. The molecule has 1 fully saturated rings. The van der Waals surface area contributed by atoms with Crippen molar-refractivity contribution < 1.29 is 14.3 Å². The number of piperazine rings is 1. The fraction of sp³-hybridized carbons (Fsp3) is 0.280. The molecule has 0 aliphatic carbocycles. The topological polar surface area (TPSA) is 93.3 Å². The first-order valence-electron chi connectivity index (χ1n) is 11.1. The molecule has 2 aromatic carbocycles. The highest BCUT2D eigenvalue weighted by molar-refractivity contribution is 6.02. The molecule has 0 saturated carbocycles. The van der Waals surface area contributed by atoms with Crippen molar-refractivity contribution in [2.45, 2.75) is 13.5 Å². The van der Waals surface area contributed by atoms with Crippen molar-refractivity contribution in [1.82, 2.24) is 10.2 Å². The Morgan fingerprint density at radius 3 is 2.61 bits per heavy atom. The smallest absolute Gasteiger partial charge is 0.291 e. The van der Waals surface area contributed by atoms with Gasteiger partial charge >= 0.3 is 0 Å². The summed E-state index contributed by atoms with van der Waals surface area (Å²) in [5.41, 5.74) is 2.56. The molecule has 8 nitrogen and oxygen atoms in total. The summed E-state index contributed by atoms with van der Waals surface area (Å²) in [5.74, 6) is 1.16. The highest BCUT2D eigenvalue weighted by Crippen LogP contribution is 2.27. The highest BCUT2D eigenvalue weighted by Gasteiger charge is 2.21. The van der Waals surface area contributed by atoms with E-state index < -0.39 is 0 Å². The molecule has 3 aromatic rings. The second kappa shape index (κ2) is 10.6. The molecule has 8 heteroatoms. The van der Waals surface area contributed by atoms with Crippen LogP contribution in [0.1, 0.15) is 23.0 Å². The molecule has 1 amide bonds. The molecule has 4 rings (SSSR count). The lowest BCUT2D eigenvalue weighted by atomic mass is 10.2. The van der Waals surface area contributed by atoms with Crippen LogP contribution in [-0.2, 0) is 6.54 Å². The third kappa shape index (κ3) is 5.65.